The molecule has 5 nitrogen and oxygen atoms in total. The average molecular weight is 265 g/mol. The van der Waals surface area contributed by atoms with Crippen LogP contribution in [0.15, 0.2) is 10.5 Å². The van der Waals surface area contributed by atoms with Gasteiger partial charge in [-0.05, 0) is 17.8 Å². The van der Waals surface area contributed by atoms with Crippen molar-refractivity contribution < 1.29 is 19.1 Å². The van der Waals surface area contributed by atoms with Crippen molar-refractivity contribution in [3.8, 4) is 0 Å². The Labute approximate surface area is 112 Å². The first kappa shape index (κ1) is 13.6. The maximum atomic E-state index is 11.9. The van der Waals surface area contributed by atoms with Crippen LogP contribution in [0.5, 0.6) is 0 Å². The first-order valence-corrected chi connectivity index (χ1v) is 6.49. The van der Waals surface area contributed by atoms with Crippen molar-refractivity contribution in [1.29, 1.82) is 0 Å². The van der Waals surface area contributed by atoms with Crippen molar-refractivity contribution in [2.24, 2.45) is 11.3 Å². The quantitative estimate of drug-likeness (QED) is 0.856. The molecule has 1 amide bonds. The number of carboxylic acid groups (broad SMARTS) is 1. The largest absolute Gasteiger partial charge is 0.478 e. The highest BCUT2D eigenvalue weighted by Gasteiger charge is 2.45. The van der Waals surface area contributed by atoms with E-state index in [1.54, 1.807) is 6.92 Å². The van der Waals surface area contributed by atoms with Crippen LogP contribution in [0.3, 0.4) is 0 Å². The molecule has 1 unspecified atom stereocenters. The molecule has 1 saturated carbocycles. The van der Waals surface area contributed by atoms with Gasteiger partial charge in [0.25, 0.3) is 5.91 Å². The molecule has 1 aromatic rings. The van der Waals surface area contributed by atoms with Crippen molar-refractivity contribution in [2.75, 3.05) is 6.54 Å². The van der Waals surface area contributed by atoms with Crippen LogP contribution in [0.25, 0.3) is 0 Å². The standard InChI is InChI=1S/C14H19NO4/c1-4-10-9(13(17)18)5-11(19-10)12(16)15-7-8-6-14(8,2)3/h5,8H,4,6-7H2,1-3H3,(H,15,16)(H,17,18). The van der Waals surface area contributed by atoms with E-state index in [1.165, 1.54) is 6.07 Å². The summed E-state index contributed by atoms with van der Waals surface area (Å²) in [6, 6.07) is 1.30. The number of carbonyl (C=O) groups is 2. The summed E-state index contributed by atoms with van der Waals surface area (Å²) in [5.74, 6) is -0.499. The summed E-state index contributed by atoms with van der Waals surface area (Å²) in [6.07, 6.45) is 1.55. The lowest BCUT2D eigenvalue weighted by Crippen LogP contribution is -2.26. The van der Waals surface area contributed by atoms with E-state index in [1.807, 2.05) is 0 Å². The molecule has 2 rings (SSSR count). The molecular formula is C14H19NO4. The number of carboxylic acids is 1. The minimum atomic E-state index is -1.07. The lowest BCUT2D eigenvalue weighted by atomic mass is 10.1. The molecule has 1 aliphatic rings. The minimum absolute atomic E-state index is 0.0689. The van der Waals surface area contributed by atoms with Gasteiger partial charge in [0.2, 0.25) is 0 Å². The zero-order valence-corrected chi connectivity index (χ0v) is 11.4. The second-order valence-electron chi connectivity index (χ2n) is 5.71. The molecule has 1 heterocycles. The Kier molecular flexibility index (Phi) is 3.39. The Morgan fingerprint density at radius 2 is 2.16 bits per heavy atom. The highest BCUT2D eigenvalue weighted by atomic mass is 16.4. The van der Waals surface area contributed by atoms with Gasteiger partial charge in [-0.25, -0.2) is 4.79 Å². The number of hydrogen-bond acceptors (Lipinski definition) is 3. The van der Waals surface area contributed by atoms with Gasteiger partial charge in [-0.1, -0.05) is 20.8 Å². The zero-order chi connectivity index (χ0) is 14.2. The molecular weight excluding hydrogens is 246 g/mol. The molecule has 0 radical (unpaired) electrons. The van der Waals surface area contributed by atoms with Crippen LogP contribution in [-0.4, -0.2) is 23.5 Å². The van der Waals surface area contributed by atoms with Crippen LogP contribution < -0.4 is 5.32 Å². The van der Waals surface area contributed by atoms with Crippen molar-refractivity contribution in [3.63, 3.8) is 0 Å². The third-order valence-corrected chi connectivity index (χ3v) is 3.81. The van der Waals surface area contributed by atoms with Crippen molar-refractivity contribution >= 4 is 11.9 Å². The molecule has 0 aliphatic heterocycles. The average Bonchev–Trinajstić information content (AvgIpc) is 2.78. The maximum Gasteiger partial charge on any atom is 0.339 e. The predicted molar refractivity (Wildman–Crippen MR) is 69.3 cm³/mol. The predicted octanol–water partition coefficient (Wildman–Crippen LogP) is 2.32. The number of aryl methyl sites for hydroxylation is 1. The van der Waals surface area contributed by atoms with Crippen molar-refractivity contribution in [1.82, 2.24) is 5.32 Å². The van der Waals surface area contributed by atoms with E-state index < -0.39 is 5.97 Å². The van der Waals surface area contributed by atoms with Crippen LogP contribution >= 0.6 is 0 Å². The number of rotatable bonds is 5. The number of hydrogen-bond donors (Lipinski definition) is 2. The fraction of sp³-hybridized carbons (Fsp3) is 0.571. The van der Waals surface area contributed by atoms with Gasteiger partial charge in [-0.15, -0.1) is 0 Å². The summed E-state index contributed by atoms with van der Waals surface area (Å²) in [4.78, 5) is 22.9. The summed E-state index contributed by atoms with van der Waals surface area (Å²) < 4.78 is 5.30. The lowest BCUT2D eigenvalue weighted by molar-refractivity contribution is 0.0694. The molecule has 5 heteroatoms. The van der Waals surface area contributed by atoms with E-state index in [0.29, 0.717) is 30.1 Å². The van der Waals surface area contributed by atoms with E-state index in [4.69, 9.17) is 9.52 Å². The Balaban J connectivity index is 2.01. The van der Waals surface area contributed by atoms with Gasteiger partial charge in [0.05, 0.1) is 0 Å². The van der Waals surface area contributed by atoms with Crippen molar-refractivity contribution in [3.05, 3.63) is 23.2 Å². The molecule has 2 N–H and O–H groups in total. The summed E-state index contributed by atoms with van der Waals surface area (Å²) in [5.41, 5.74) is 0.372. The third kappa shape index (κ3) is 2.80. The van der Waals surface area contributed by atoms with E-state index in [0.717, 1.165) is 6.42 Å². The van der Waals surface area contributed by atoms with Crippen LogP contribution in [0, 0.1) is 11.3 Å². The number of nitrogens with one attached hydrogen (secondary N) is 1. The van der Waals surface area contributed by atoms with Gasteiger partial charge in [0.15, 0.2) is 5.76 Å². The molecule has 0 bridgehead atoms. The topological polar surface area (TPSA) is 79.5 Å². The van der Waals surface area contributed by atoms with Crippen LogP contribution in [-0.2, 0) is 6.42 Å². The van der Waals surface area contributed by atoms with E-state index >= 15 is 0 Å². The second kappa shape index (κ2) is 4.72. The minimum Gasteiger partial charge on any atom is -0.478 e. The molecule has 0 spiro atoms. The lowest BCUT2D eigenvalue weighted by Gasteiger charge is -2.04. The zero-order valence-electron chi connectivity index (χ0n) is 11.4. The highest BCUT2D eigenvalue weighted by molar-refractivity contribution is 5.96. The van der Waals surface area contributed by atoms with Crippen LogP contribution in [0.1, 0.15) is 53.9 Å². The van der Waals surface area contributed by atoms with E-state index in [2.05, 4.69) is 19.2 Å². The first-order valence-electron chi connectivity index (χ1n) is 6.49. The number of aromatic carboxylic acids is 1. The highest BCUT2D eigenvalue weighted by Crippen LogP contribution is 2.50. The van der Waals surface area contributed by atoms with Gasteiger partial charge in [-0.3, -0.25) is 4.79 Å². The Hall–Kier alpha value is -1.78. The molecule has 1 fully saturated rings. The second-order valence-corrected chi connectivity index (χ2v) is 5.71. The molecule has 104 valence electrons. The summed E-state index contributed by atoms with van der Waals surface area (Å²) in [7, 11) is 0. The molecule has 1 atom stereocenters. The third-order valence-electron chi connectivity index (χ3n) is 3.81. The van der Waals surface area contributed by atoms with E-state index in [-0.39, 0.29) is 17.2 Å². The Morgan fingerprint density at radius 3 is 2.58 bits per heavy atom. The smallest absolute Gasteiger partial charge is 0.339 e. The summed E-state index contributed by atoms with van der Waals surface area (Å²) in [5, 5.41) is 11.8. The number of amides is 1. The van der Waals surface area contributed by atoms with Gasteiger partial charge in [0, 0.05) is 19.0 Å². The fourth-order valence-corrected chi connectivity index (χ4v) is 2.21. The van der Waals surface area contributed by atoms with Crippen LogP contribution in [0.4, 0.5) is 0 Å². The maximum absolute atomic E-state index is 11.9. The molecule has 19 heavy (non-hydrogen) atoms. The first-order chi connectivity index (χ1) is 8.85. The van der Waals surface area contributed by atoms with Crippen LogP contribution in [0.2, 0.25) is 0 Å². The van der Waals surface area contributed by atoms with E-state index in [9.17, 15) is 9.59 Å². The number of carbonyl (C=O) groups excluding carboxylic acids is 1. The van der Waals surface area contributed by atoms with Crippen molar-refractivity contribution in [2.45, 2.75) is 33.6 Å². The monoisotopic (exact) mass is 265 g/mol. The Bertz CT molecular complexity index is 516. The summed E-state index contributed by atoms with van der Waals surface area (Å²) >= 11 is 0. The SMILES string of the molecule is CCc1oc(C(=O)NCC2CC2(C)C)cc1C(=O)O. The van der Waals surface area contributed by atoms with Gasteiger partial charge < -0.3 is 14.8 Å². The fourth-order valence-electron chi connectivity index (χ4n) is 2.21. The molecule has 0 saturated heterocycles. The molecule has 1 aromatic heterocycles. The Morgan fingerprint density at radius 1 is 1.53 bits per heavy atom. The molecule has 0 aromatic carbocycles. The molecule has 1 aliphatic carbocycles. The van der Waals surface area contributed by atoms with Gasteiger partial charge in [-0.2, -0.15) is 0 Å². The summed E-state index contributed by atoms with van der Waals surface area (Å²) in [6.45, 7) is 6.72. The van der Waals surface area contributed by atoms with Gasteiger partial charge >= 0.3 is 5.97 Å². The van der Waals surface area contributed by atoms with Gasteiger partial charge in [0.1, 0.15) is 11.3 Å². The number of furan rings is 1. The normalized spacial score (nSPS) is 20.1.